The van der Waals surface area contributed by atoms with E-state index in [1.807, 2.05) is 24.4 Å². The zero-order chi connectivity index (χ0) is 27.2. The highest BCUT2D eigenvalue weighted by Crippen LogP contribution is 2.23. The number of hydrogen-bond donors (Lipinski definition) is 0. The summed E-state index contributed by atoms with van der Waals surface area (Å²) in [6, 6.07) is 49.8. The molecule has 0 aliphatic rings. The van der Waals surface area contributed by atoms with Crippen molar-refractivity contribution in [2.24, 2.45) is 0 Å². The second kappa shape index (κ2) is 11.7. The summed E-state index contributed by atoms with van der Waals surface area (Å²) in [5, 5.41) is 3.54. The minimum atomic E-state index is -2.72. The van der Waals surface area contributed by atoms with Crippen LogP contribution >= 0.6 is 0 Å². The first-order valence-electron chi connectivity index (χ1n) is 13.7. The molecule has 0 saturated heterocycles. The van der Waals surface area contributed by atoms with Crippen LogP contribution in [0.15, 0.2) is 158 Å². The van der Waals surface area contributed by atoms with Crippen LogP contribution in [-0.4, -0.2) is 24.9 Å². The molecule has 0 bridgehead atoms. The van der Waals surface area contributed by atoms with E-state index in [0.717, 1.165) is 24.4 Å². The Morgan fingerprint density at radius 1 is 0.625 bits per heavy atom. The van der Waals surface area contributed by atoms with Crippen LogP contribution in [0, 0.1) is 5.82 Å². The lowest BCUT2D eigenvalue weighted by Gasteiger charge is -2.35. The maximum Gasteiger partial charge on any atom is 0.217 e. The highest BCUT2D eigenvalue weighted by atomic mass is 28.3. The van der Waals surface area contributed by atoms with Crippen molar-refractivity contribution < 1.29 is 4.39 Å². The van der Waals surface area contributed by atoms with E-state index in [9.17, 15) is 4.39 Å². The number of aromatic nitrogens is 2. The fraction of sp³-hybridized carbons (Fsp3) is 0.0571. The first-order valence-corrected chi connectivity index (χ1v) is 15.9. The van der Waals surface area contributed by atoms with Crippen LogP contribution in [0.3, 0.4) is 0 Å². The molecule has 194 valence electrons. The van der Waals surface area contributed by atoms with Crippen molar-refractivity contribution in [3.63, 3.8) is 0 Å². The highest BCUT2D eigenvalue weighted by molar-refractivity contribution is 7.10. The number of nitrogens with zero attached hydrogens (tertiary/aromatic N) is 2. The Hall–Kier alpha value is -4.48. The van der Waals surface area contributed by atoms with E-state index < -0.39 is 8.07 Å². The average molecular weight is 537 g/mol. The standard InChI is InChI=1S/C35H30BFN2Si/c37-30-18-13-23-33(26-30)40(31-19-9-3-10-20-31,32-21-11-4-12-22-32)27-39-25-24-38-35(39)36-34(28-14-5-1-6-15-28)29-16-7-2-8-17-29/h1-26,34,36H,27H2. The SMILES string of the molecule is Fc1cccc([Si](Cn2ccnc2BC(c2ccccc2)c2ccccc2)(c2ccccc2)c2ccccc2)c1. The van der Waals surface area contributed by atoms with Crippen LogP contribution in [0.25, 0.3) is 0 Å². The van der Waals surface area contributed by atoms with Gasteiger partial charge in [-0.15, -0.1) is 0 Å². The summed E-state index contributed by atoms with van der Waals surface area (Å²) in [4.78, 5) is 4.90. The predicted molar refractivity (Wildman–Crippen MR) is 168 cm³/mol. The largest absolute Gasteiger partial charge is 0.345 e. The number of rotatable bonds is 9. The molecule has 1 heterocycles. The van der Waals surface area contributed by atoms with Crippen LogP contribution in [0.2, 0.25) is 0 Å². The first-order chi connectivity index (χ1) is 19.7. The van der Waals surface area contributed by atoms with Crippen molar-refractivity contribution >= 4 is 36.6 Å². The second-order valence-electron chi connectivity index (χ2n) is 10.2. The van der Waals surface area contributed by atoms with Crippen molar-refractivity contribution in [1.82, 2.24) is 9.55 Å². The molecule has 0 aliphatic heterocycles. The summed E-state index contributed by atoms with van der Waals surface area (Å²) < 4.78 is 17.2. The van der Waals surface area contributed by atoms with Gasteiger partial charge in [0.2, 0.25) is 7.28 Å². The smallest absolute Gasteiger partial charge is 0.217 e. The Balaban J connectivity index is 1.49. The Kier molecular flexibility index (Phi) is 7.56. The number of benzene rings is 5. The van der Waals surface area contributed by atoms with Gasteiger partial charge in [-0.25, -0.2) is 4.39 Å². The van der Waals surface area contributed by atoms with Crippen LogP contribution in [0.1, 0.15) is 16.9 Å². The fourth-order valence-electron chi connectivity index (χ4n) is 5.88. The molecule has 0 atom stereocenters. The van der Waals surface area contributed by atoms with Crippen molar-refractivity contribution in [2.45, 2.75) is 12.0 Å². The third-order valence-corrected chi connectivity index (χ3v) is 12.6. The topological polar surface area (TPSA) is 17.8 Å². The molecule has 6 rings (SSSR count). The van der Waals surface area contributed by atoms with Gasteiger partial charge in [0, 0.05) is 18.6 Å². The molecule has 0 saturated carbocycles. The lowest BCUT2D eigenvalue weighted by Crippen LogP contribution is -2.70. The Morgan fingerprint density at radius 2 is 1.12 bits per heavy atom. The van der Waals surface area contributed by atoms with Crippen molar-refractivity contribution in [2.75, 3.05) is 0 Å². The van der Waals surface area contributed by atoms with E-state index in [4.69, 9.17) is 4.98 Å². The van der Waals surface area contributed by atoms with Crippen LogP contribution in [-0.2, 0) is 6.17 Å². The van der Waals surface area contributed by atoms with E-state index >= 15 is 0 Å². The Morgan fingerprint density at radius 3 is 1.65 bits per heavy atom. The quantitative estimate of drug-likeness (QED) is 0.195. The Labute approximate surface area is 237 Å². The molecule has 5 heteroatoms. The number of hydrogen-bond acceptors (Lipinski definition) is 1. The van der Waals surface area contributed by atoms with Gasteiger partial charge < -0.3 is 4.57 Å². The average Bonchev–Trinajstić information content (AvgIpc) is 3.46. The van der Waals surface area contributed by atoms with Gasteiger partial charge in [-0.1, -0.05) is 133 Å². The molecule has 5 aromatic carbocycles. The monoisotopic (exact) mass is 536 g/mol. The molecule has 0 aliphatic carbocycles. The molecule has 0 unspecified atom stereocenters. The third-order valence-electron chi connectivity index (χ3n) is 7.85. The molecular formula is C35H30BFN2Si. The van der Waals surface area contributed by atoms with Gasteiger partial charge in [0.1, 0.15) is 5.82 Å². The van der Waals surface area contributed by atoms with Gasteiger partial charge in [0.05, 0.1) is 5.72 Å². The molecule has 40 heavy (non-hydrogen) atoms. The van der Waals surface area contributed by atoms with Crippen LogP contribution < -0.4 is 21.3 Å². The summed E-state index contributed by atoms with van der Waals surface area (Å²) >= 11 is 0. The minimum absolute atomic E-state index is 0.169. The van der Waals surface area contributed by atoms with E-state index in [0.29, 0.717) is 0 Å². The Bertz CT molecular complexity index is 1580. The lowest BCUT2D eigenvalue weighted by molar-refractivity contribution is 0.629. The third kappa shape index (κ3) is 5.21. The zero-order valence-electron chi connectivity index (χ0n) is 22.3. The van der Waals surface area contributed by atoms with Crippen LogP contribution in [0.5, 0.6) is 0 Å². The summed E-state index contributed by atoms with van der Waals surface area (Å²) in [7, 11) is -1.96. The van der Waals surface area contributed by atoms with E-state index in [1.165, 1.54) is 27.6 Å². The van der Waals surface area contributed by atoms with Gasteiger partial charge in [-0.05, 0) is 44.6 Å². The zero-order valence-corrected chi connectivity index (χ0v) is 23.3. The normalized spacial score (nSPS) is 11.4. The van der Waals surface area contributed by atoms with Gasteiger partial charge in [-0.3, -0.25) is 4.98 Å². The van der Waals surface area contributed by atoms with Gasteiger partial charge in [-0.2, -0.15) is 0 Å². The molecule has 2 nitrogen and oxygen atoms in total. The molecular weight excluding hydrogens is 506 g/mol. The highest BCUT2D eigenvalue weighted by Gasteiger charge is 2.40. The molecule has 0 fully saturated rings. The molecule has 0 N–H and O–H groups in total. The molecule has 0 amide bonds. The van der Waals surface area contributed by atoms with E-state index in [1.54, 1.807) is 6.07 Å². The predicted octanol–water partition coefficient (Wildman–Crippen LogP) is 4.58. The second-order valence-corrected chi connectivity index (χ2v) is 14.1. The maximum atomic E-state index is 14.8. The fourth-order valence-corrected chi connectivity index (χ4v) is 10.5. The number of halogens is 1. The van der Waals surface area contributed by atoms with E-state index in [2.05, 4.69) is 126 Å². The summed E-state index contributed by atoms with van der Waals surface area (Å²) in [5.41, 5.74) is 3.56. The molecule has 0 radical (unpaired) electrons. The van der Waals surface area contributed by atoms with Gasteiger partial charge in [0.15, 0.2) is 8.07 Å². The number of imidazole rings is 1. The summed E-state index contributed by atoms with van der Waals surface area (Å²) in [6.45, 7) is 0. The van der Waals surface area contributed by atoms with Crippen molar-refractivity contribution in [1.29, 1.82) is 0 Å². The summed E-state index contributed by atoms with van der Waals surface area (Å²) in [6.07, 6.45) is 4.72. The minimum Gasteiger partial charge on any atom is -0.345 e. The molecule has 6 aromatic rings. The van der Waals surface area contributed by atoms with Gasteiger partial charge in [0.25, 0.3) is 0 Å². The lowest BCUT2D eigenvalue weighted by atomic mass is 9.58. The summed E-state index contributed by atoms with van der Waals surface area (Å²) in [5.74, 6) is -0.0393. The van der Waals surface area contributed by atoms with Gasteiger partial charge >= 0.3 is 0 Å². The van der Waals surface area contributed by atoms with E-state index in [-0.39, 0.29) is 11.6 Å². The first kappa shape index (κ1) is 25.8. The van der Waals surface area contributed by atoms with Crippen molar-refractivity contribution in [3.8, 4) is 0 Å². The van der Waals surface area contributed by atoms with Crippen LogP contribution in [0.4, 0.5) is 4.39 Å². The molecule has 1 aromatic heterocycles. The molecule has 0 spiro atoms. The van der Waals surface area contributed by atoms with Crippen molar-refractivity contribution in [3.05, 3.63) is 175 Å². The maximum absolute atomic E-state index is 14.8.